The zero-order valence-corrected chi connectivity index (χ0v) is 17.0. The van der Waals surface area contributed by atoms with Gasteiger partial charge in [0.2, 0.25) is 5.91 Å². The molecule has 27 heavy (non-hydrogen) atoms. The molecular formula is C21H29N3O2S. The molecule has 1 unspecified atom stereocenters. The molecule has 0 saturated carbocycles. The minimum Gasteiger partial charge on any atom is -0.492 e. The first kappa shape index (κ1) is 19.7. The van der Waals surface area contributed by atoms with Crippen molar-refractivity contribution in [2.75, 3.05) is 44.2 Å². The van der Waals surface area contributed by atoms with E-state index in [4.69, 9.17) is 4.74 Å². The fourth-order valence-corrected chi connectivity index (χ4v) is 4.13. The van der Waals surface area contributed by atoms with Crippen LogP contribution in [-0.2, 0) is 11.2 Å². The molecule has 0 bridgehead atoms. The third kappa shape index (κ3) is 5.23. The lowest BCUT2D eigenvalue weighted by Crippen LogP contribution is -2.54. The summed E-state index contributed by atoms with van der Waals surface area (Å²) in [5, 5.41) is 5.15. The van der Waals surface area contributed by atoms with Crippen LogP contribution in [0.15, 0.2) is 41.8 Å². The van der Waals surface area contributed by atoms with Gasteiger partial charge in [0.25, 0.3) is 0 Å². The number of benzene rings is 1. The van der Waals surface area contributed by atoms with Crippen LogP contribution < -0.4 is 15.0 Å². The number of carbonyl (C=O) groups is 1. The van der Waals surface area contributed by atoms with Crippen LogP contribution in [0.25, 0.3) is 0 Å². The van der Waals surface area contributed by atoms with Gasteiger partial charge < -0.3 is 15.0 Å². The minimum absolute atomic E-state index is 0.0994. The number of thiophene rings is 1. The van der Waals surface area contributed by atoms with E-state index >= 15 is 0 Å². The van der Waals surface area contributed by atoms with Gasteiger partial charge in [-0.05, 0) is 43.8 Å². The van der Waals surface area contributed by atoms with Gasteiger partial charge in [-0.25, -0.2) is 0 Å². The van der Waals surface area contributed by atoms with Crippen LogP contribution in [0.5, 0.6) is 5.75 Å². The number of amides is 1. The van der Waals surface area contributed by atoms with Crippen molar-refractivity contribution in [3.05, 3.63) is 46.7 Å². The summed E-state index contributed by atoms with van der Waals surface area (Å²) in [6.07, 6.45) is 0.901. The topological polar surface area (TPSA) is 44.8 Å². The summed E-state index contributed by atoms with van der Waals surface area (Å²) in [7, 11) is 0. The van der Waals surface area contributed by atoms with E-state index in [9.17, 15) is 4.79 Å². The van der Waals surface area contributed by atoms with Gasteiger partial charge in [-0.3, -0.25) is 9.69 Å². The van der Waals surface area contributed by atoms with Gasteiger partial charge in [0, 0.05) is 37.6 Å². The number of nitrogens with zero attached hydrogens (tertiary/aromatic N) is 2. The van der Waals surface area contributed by atoms with Crippen molar-refractivity contribution in [3.8, 4) is 5.75 Å². The first-order valence-corrected chi connectivity index (χ1v) is 10.6. The third-order valence-electron chi connectivity index (χ3n) is 5.00. The highest BCUT2D eigenvalue weighted by Gasteiger charge is 2.26. The van der Waals surface area contributed by atoms with Gasteiger partial charge in [0.15, 0.2) is 0 Å². The fraction of sp³-hybridized carbons (Fsp3) is 0.476. The molecule has 2 heterocycles. The minimum atomic E-state index is -0.0994. The summed E-state index contributed by atoms with van der Waals surface area (Å²) in [4.78, 5) is 18.4. The highest BCUT2D eigenvalue weighted by atomic mass is 32.1. The Morgan fingerprint density at radius 2 is 1.96 bits per heavy atom. The number of hydrogen-bond donors (Lipinski definition) is 1. The maximum absolute atomic E-state index is 12.5. The fourth-order valence-electron chi connectivity index (χ4n) is 3.42. The molecule has 2 aromatic rings. The number of rotatable bonds is 8. The predicted octanol–water partition coefficient (Wildman–Crippen LogP) is 3.02. The maximum atomic E-state index is 12.5. The average molecular weight is 388 g/mol. The van der Waals surface area contributed by atoms with Gasteiger partial charge >= 0.3 is 0 Å². The molecule has 1 N–H and O–H groups in total. The highest BCUT2D eigenvalue weighted by molar-refractivity contribution is 7.09. The number of nitrogens with one attached hydrogen (secondary N) is 1. The highest BCUT2D eigenvalue weighted by Crippen LogP contribution is 2.29. The lowest BCUT2D eigenvalue weighted by molar-refractivity contribution is -0.125. The second-order valence-electron chi connectivity index (χ2n) is 6.72. The van der Waals surface area contributed by atoms with Gasteiger partial charge in [0.1, 0.15) is 5.75 Å². The Bertz CT molecular complexity index is 712. The SMILES string of the molecule is CCOc1ccccc1N1CCN(C(C)C(=O)NCCc2cccs2)CC1. The molecule has 1 aromatic heterocycles. The second-order valence-corrected chi connectivity index (χ2v) is 7.75. The van der Waals surface area contributed by atoms with Crippen LogP contribution in [0.3, 0.4) is 0 Å². The molecule has 0 radical (unpaired) electrons. The van der Waals surface area contributed by atoms with Crippen molar-refractivity contribution in [1.29, 1.82) is 0 Å². The Hall–Kier alpha value is -2.05. The Balaban J connectivity index is 1.47. The van der Waals surface area contributed by atoms with E-state index in [-0.39, 0.29) is 11.9 Å². The molecule has 3 rings (SSSR count). The molecule has 1 aliphatic heterocycles. The van der Waals surface area contributed by atoms with E-state index < -0.39 is 0 Å². The zero-order chi connectivity index (χ0) is 19.1. The van der Waals surface area contributed by atoms with Crippen LogP contribution in [0.4, 0.5) is 5.69 Å². The number of ether oxygens (including phenoxy) is 1. The molecule has 1 amide bonds. The predicted molar refractivity (Wildman–Crippen MR) is 112 cm³/mol. The molecule has 0 spiro atoms. The third-order valence-corrected chi connectivity index (χ3v) is 5.93. The molecule has 5 nitrogen and oxygen atoms in total. The van der Waals surface area contributed by atoms with Crippen LogP contribution in [0, 0.1) is 0 Å². The van der Waals surface area contributed by atoms with Gasteiger partial charge in [-0.1, -0.05) is 18.2 Å². The van der Waals surface area contributed by atoms with Gasteiger partial charge in [-0.15, -0.1) is 11.3 Å². The van der Waals surface area contributed by atoms with E-state index in [0.29, 0.717) is 13.2 Å². The summed E-state index contributed by atoms with van der Waals surface area (Å²) in [6, 6.07) is 12.3. The summed E-state index contributed by atoms with van der Waals surface area (Å²) >= 11 is 1.74. The number of para-hydroxylation sites is 2. The average Bonchev–Trinajstić information content (AvgIpc) is 3.22. The molecular weight excluding hydrogens is 358 g/mol. The zero-order valence-electron chi connectivity index (χ0n) is 16.2. The summed E-state index contributed by atoms with van der Waals surface area (Å²) in [5.41, 5.74) is 1.15. The van der Waals surface area contributed by atoms with E-state index in [0.717, 1.165) is 44.0 Å². The van der Waals surface area contributed by atoms with E-state index in [2.05, 4.69) is 32.6 Å². The lowest BCUT2D eigenvalue weighted by Gasteiger charge is -2.39. The van der Waals surface area contributed by atoms with Crippen molar-refractivity contribution in [1.82, 2.24) is 10.2 Å². The molecule has 6 heteroatoms. The monoisotopic (exact) mass is 387 g/mol. The number of hydrogen-bond acceptors (Lipinski definition) is 5. The van der Waals surface area contributed by atoms with E-state index in [1.807, 2.05) is 38.1 Å². The Morgan fingerprint density at radius 3 is 2.67 bits per heavy atom. The molecule has 1 aliphatic rings. The summed E-state index contributed by atoms with van der Waals surface area (Å²) in [5.74, 6) is 1.06. The molecule has 1 saturated heterocycles. The Morgan fingerprint density at radius 1 is 1.19 bits per heavy atom. The van der Waals surface area contributed by atoms with Crippen molar-refractivity contribution in [2.45, 2.75) is 26.3 Å². The number of piperazine rings is 1. The van der Waals surface area contributed by atoms with Crippen molar-refractivity contribution in [3.63, 3.8) is 0 Å². The first-order valence-electron chi connectivity index (χ1n) is 9.70. The van der Waals surface area contributed by atoms with Crippen molar-refractivity contribution in [2.24, 2.45) is 0 Å². The van der Waals surface area contributed by atoms with Crippen molar-refractivity contribution >= 4 is 22.9 Å². The maximum Gasteiger partial charge on any atom is 0.237 e. The lowest BCUT2D eigenvalue weighted by atomic mass is 10.2. The number of carbonyl (C=O) groups excluding carboxylic acids is 1. The first-order chi connectivity index (χ1) is 13.2. The summed E-state index contributed by atoms with van der Waals surface area (Å²) in [6.45, 7) is 8.93. The standard InChI is InChI=1S/C21H29N3O2S/c1-3-26-20-9-5-4-8-19(20)24-14-12-23(13-15-24)17(2)21(25)22-11-10-18-7-6-16-27-18/h4-9,16-17H,3,10-15H2,1-2H3,(H,22,25). The van der Waals surface area contributed by atoms with Crippen LogP contribution in [0.2, 0.25) is 0 Å². The number of anilines is 1. The normalized spacial score (nSPS) is 16.1. The molecule has 0 aliphatic carbocycles. The van der Waals surface area contributed by atoms with Crippen LogP contribution in [-0.4, -0.2) is 56.2 Å². The molecule has 1 fully saturated rings. The van der Waals surface area contributed by atoms with Gasteiger partial charge in [-0.2, -0.15) is 0 Å². The molecule has 1 aromatic carbocycles. The van der Waals surface area contributed by atoms with E-state index in [1.165, 1.54) is 4.88 Å². The Labute approximate surface area is 165 Å². The largest absolute Gasteiger partial charge is 0.492 e. The summed E-state index contributed by atoms with van der Waals surface area (Å²) < 4.78 is 5.76. The van der Waals surface area contributed by atoms with Crippen LogP contribution >= 0.6 is 11.3 Å². The van der Waals surface area contributed by atoms with Crippen LogP contribution in [0.1, 0.15) is 18.7 Å². The van der Waals surface area contributed by atoms with Gasteiger partial charge in [0.05, 0.1) is 18.3 Å². The van der Waals surface area contributed by atoms with E-state index in [1.54, 1.807) is 11.3 Å². The molecule has 1 atom stereocenters. The van der Waals surface area contributed by atoms with Crippen molar-refractivity contribution < 1.29 is 9.53 Å². The second kappa shape index (κ2) is 9.76. The smallest absolute Gasteiger partial charge is 0.237 e. The molecule has 146 valence electrons. The quantitative estimate of drug-likeness (QED) is 0.756. The Kier molecular flexibility index (Phi) is 7.12.